The second-order valence-corrected chi connectivity index (χ2v) is 11.0. The van der Waals surface area contributed by atoms with Gasteiger partial charge in [-0.1, -0.05) is 58.4 Å². The van der Waals surface area contributed by atoms with Crippen LogP contribution >= 0.6 is 46.3 Å². The van der Waals surface area contributed by atoms with Crippen molar-refractivity contribution in [2.24, 2.45) is 5.92 Å². The number of halogens is 3. The SMILES string of the molecule is CCOC(=O)Cn1c2c(sc1=O)[C@H](c1cccc(Cl)c1Cl)C1C(=O)N(c3ccc(F)cc3)C(=O)C1S2. The summed E-state index contributed by atoms with van der Waals surface area (Å²) in [7, 11) is 0. The van der Waals surface area contributed by atoms with E-state index in [1.165, 1.54) is 28.8 Å². The van der Waals surface area contributed by atoms with Crippen LogP contribution in [0.5, 0.6) is 0 Å². The van der Waals surface area contributed by atoms with E-state index < -0.39 is 45.6 Å². The number of nitrogens with zero attached hydrogens (tertiary/aromatic N) is 2. The summed E-state index contributed by atoms with van der Waals surface area (Å²) >= 11 is 14.8. The molecule has 3 heterocycles. The summed E-state index contributed by atoms with van der Waals surface area (Å²) in [4.78, 5) is 53.6. The predicted molar refractivity (Wildman–Crippen MR) is 136 cm³/mol. The minimum absolute atomic E-state index is 0.151. The Morgan fingerprint density at radius 3 is 2.50 bits per heavy atom. The first-order valence-corrected chi connectivity index (χ1v) is 13.3. The van der Waals surface area contributed by atoms with E-state index in [1.54, 1.807) is 25.1 Å². The van der Waals surface area contributed by atoms with Crippen LogP contribution in [0, 0.1) is 11.7 Å². The maximum absolute atomic E-state index is 13.7. The first-order valence-electron chi connectivity index (χ1n) is 10.9. The number of aromatic nitrogens is 1. The molecule has 2 amide bonds. The number of hydrogen-bond donors (Lipinski definition) is 0. The van der Waals surface area contributed by atoms with Gasteiger partial charge in [0.1, 0.15) is 17.6 Å². The van der Waals surface area contributed by atoms with Gasteiger partial charge in [-0.2, -0.15) is 0 Å². The van der Waals surface area contributed by atoms with Crippen LogP contribution in [0.2, 0.25) is 10.0 Å². The lowest BCUT2D eigenvalue weighted by atomic mass is 9.83. The van der Waals surface area contributed by atoms with Gasteiger partial charge in [-0.05, 0) is 42.8 Å². The number of thiazole rings is 1. The standard InChI is InChI=1S/C24H17Cl2FN2O5S2/c1-2-34-15(30)10-28-23-20(36-24(28)33)16(13-4-3-5-14(25)18(13)26)17-19(35-23)22(32)29(21(17)31)12-8-6-11(27)7-9-12/h3-9,16-17,19H,2,10H2,1H3/t16-,17?,19?/m1/s1. The Morgan fingerprint density at radius 1 is 1.08 bits per heavy atom. The average Bonchev–Trinajstić information content (AvgIpc) is 3.28. The summed E-state index contributed by atoms with van der Waals surface area (Å²) in [6, 6.07) is 10.0. The van der Waals surface area contributed by atoms with Gasteiger partial charge in [-0.15, -0.1) is 0 Å². The molecule has 5 rings (SSSR count). The lowest BCUT2D eigenvalue weighted by Gasteiger charge is -2.31. The van der Waals surface area contributed by atoms with Crippen molar-refractivity contribution >= 4 is 69.8 Å². The van der Waals surface area contributed by atoms with E-state index in [-0.39, 0.29) is 28.9 Å². The zero-order valence-corrected chi connectivity index (χ0v) is 21.7. The van der Waals surface area contributed by atoms with Crippen LogP contribution in [0.25, 0.3) is 0 Å². The predicted octanol–water partition coefficient (Wildman–Crippen LogP) is 4.71. The maximum Gasteiger partial charge on any atom is 0.326 e. The number of amides is 2. The molecule has 0 spiro atoms. The van der Waals surface area contributed by atoms with Gasteiger partial charge >= 0.3 is 10.8 Å². The molecule has 12 heteroatoms. The minimum Gasteiger partial charge on any atom is -0.465 e. The molecule has 2 aliphatic rings. The number of carbonyl (C=O) groups excluding carboxylic acids is 3. The fourth-order valence-electron chi connectivity index (χ4n) is 4.53. The second kappa shape index (κ2) is 9.66. The molecule has 1 fully saturated rings. The highest BCUT2D eigenvalue weighted by molar-refractivity contribution is 8.00. The normalized spacial score (nSPS) is 20.9. The number of thioether (sulfide) groups is 1. The van der Waals surface area contributed by atoms with Crippen LogP contribution in [-0.4, -0.2) is 34.2 Å². The van der Waals surface area contributed by atoms with E-state index >= 15 is 0 Å². The van der Waals surface area contributed by atoms with Crippen LogP contribution in [0.15, 0.2) is 52.3 Å². The largest absolute Gasteiger partial charge is 0.465 e. The van der Waals surface area contributed by atoms with Gasteiger partial charge < -0.3 is 4.74 Å². The van der Waals surface area contributed by atoms with E-state index in [0.29, 0.717) is 15.5 Å². The Morgan fingerprint density at radius 2 is 1.81 bits per heavy atom. The first-order chi connectivity index (χ1) is 17.2. The number of hydrogen-bond acceptors (Lipinski definition) is 7. The van der Waals surface area contributed by atoms with Crippen molar-refractivity contribution in [2.75, 3.05) is 11.5 Å². The lowest BCUT2D eigenvalue weighted by molar-refractivity contribution is -0.144. The molecule has 0 bridgehead atoms. The molecule has 36 heavy (non-hydrogen) atoms. The van der Waals surface area contributed by atoms with Crippen molar-refractivity contribution in [2.45, 2.75) is 29.7 Å². The van der Waals surface area contributed by atoms with Crippen molar-refractivity contribution in [1.29, 1.82) is 0 Å². The van der Waals surface area contributed by atoms with Gasteiger partial charge in [0, 0.05) is 10.8 Å². The topological polar surface area (TPSA) is 85.7 Å². The van der Waals surface area contributed by atoms with Crippen LogP contribution in [0.3, 0.4) is 0 Å². The second-order valence-electron chi connectivity index (χ2n) is 8.10. The van der Waals surface area contributed by atoms with Crippen molar-refractivity contribution in [3.63, 3.8) is 0 Å². The molecule has 0 N–H and O–H groups in total. The Balaban J connectivity index is 1.68. The number of benzene rings is 2. The monoisotopic (exact) mass is 566 g/mol. The number of carbonyl (C=O) groups is 3. The maximum atomic E-state index is 13.7. The quantitative estimate of drug-likeness (QED) is 0.328. The van der Waals surface area contributed by atoms with E-state index in [1.807, 2.05) is 0 Å². The van der Waals surface area contributed by atoms with Crippen LogP contribution in [0.4, 0.5) is 10.1 Å². The third-order valence-corrected chi connectivity index (χ3v) is 9.48. The minimum atomic E-state index is -0.905. The van der Waals surface area contributed by atoms with Crippen LogP contribution in [0.1, 0.15) is 23.3 Å². The van der Waals surface area contributed by atoms with E-state index in [0.717, 1.165) is 28.0 Å². The fourth-order valence-corrected chi connectivity index (χ4v) is 7.72. The van der Waals surface area contributed by atoms with Crippen LogP contribution < -0.4 is 9.77 Å². The number of ether oxygens (including phenoxy) is 1. The molecule has 1 aromatic heterocycles. The van der Waals surface area contributed by atoms with E-state index in [9.17, 15) is 23.6 Å². The van der Waals surface area contributed by atoms with Crippen molar-refractivity contribution in [1.82, 2.24) is 4.57 Å². The number of anilines is 1. The molecule has 1 saturated heterocycles. The van der Waals surface area contributed by atoms with Gasteiger partial charge in [0.15, 0.2) is 0 Å². The molecule has 2 aromatic carbocycles. The Bertz CT molecular complexity index is 1460. The molecule has 2 aliphatic heterocycles. The molecule has 0 radical (unpaired) electrons. The van der Waals surface area contributed by atoms with Gasteiger partial charge in [-0.25, -0.2) is 9.29 Å². The van der Waals surface area contributed by atoms with Crippen molar-refractivity contribution < 1.29 is 23.5 Å². The van der Waals surface area contributed by atoms with Gasteiger partial charge in [-0.3, -0.25) is 23.7 Å². The highest BCUT2D eigenvalue weighted by Gasteiger charge is 2.57. The fraction of sp³-hybridized carbons (Fsp3) is 0.250. The Hall–Kier alpha value is -2.66. The highest BCUT2D eigenvalue weighted by atomic mass is 35.5. The number of fused-ring (bicyclic) bond motifs is 2. The summed E-state index contributed by atoms with van der Waals surface area (Å²) < 4.78 is 19.8. The molecule has 7 nitrogen and oxygen atoms in total. The van der Waals surface area contributed by atoms with E-state index in [4.69, 9.17) is 27.9 Å². The smallest absolute Gasteiger partial charge is 0.326 e. The third-order valence-electron chi connectivity index (χ3n) is 6.04. The molecule has 2 unspecified atom stereocenters. The summed E-state index contributed by atoms with van der Waals surface area (Å²) in [6.45, 7) is 1.48. The highest BCUT2D eigenvalue weighted by Crippen LogP contribution is 2.55. The Kier molecular flexibility index (Phi) is 6.71. The zero-order chi connectivity index (χ0) is 25.7. The third kappa shape index (κ3) is 4.06. The molecule has 186 valence electrons. The zero-order valence-electron chi connectivity index (χ0n) is 18.6. The van der Waals surface area contributed by atoms with Crippen molar-refractivity contribution in [3.8, 4) is 0 Å². The number of esters is 1. The first kappa shape index (κ1) is 25.0. The van der Waals surface area contributed by atoms with Gasteiger partial charge in [0.05, 0.1) is 33.3 Å². The molecule has 0 aliphatic carbocycles. The lowest BCUT2D eigenvalue weighted by Crippen LogP contribution is -2.33. The van der Waals surface area contributed by atoms with Crippen LogP contribution in [-0.2, 0) is 25.7 Å². The van der Waals surface area contributed by atoms with Gasteiger partial charge in [0.2, 0.25) is 11.8 Å². The molecular weight excluding hydrogens is 550 g/mol. The van der Waals surface area contributed by atoms with E-state index in [2.05, 4.69) is 0 Å². The average molecular weight is 567 g/mol. The molecular formula is C24H17Cl2FN2O5S2. The molecule has 0 saturated carbocycles. The Labute approximate surface area is 222 Å². The number of rotatable bonds is 5. The van der Waals surface area contributed by atoms with Gasteiger partial charge in [0.25, 0.3) is 0 Å². The molecule has 3 atom stereocenters. The summed E-state index contributed by atoms with van der Waals surface area (Å²) in [5, 5.41) is -0.0324. The summed E-state index contributed by atoms with van der Waals surface area (Å²) in [5.41, 5.74) is 0.733. The molecule has 3 aromatic rings. The summed E-state index contributed by atoms with van der Waals surface area (Å²) in [5.74, 6) is -3.75. The van der Waals surface area contributed by atoms with Crippen molar-refractivity contribution in [3.05, 3.63) is 78.4 Å². The summed E-state index contributed by atoms with van der Waals surface area (Å²) in [6.07, 6.45) is 0. The number of imide groups is 1.